The van der Waals surface area contributed by atoms with Crippen molar-refractivity contribution >= 4 is 21.6 Å². The van der Waals surface area contributed by atoms with Crippen LogP contribution in [0.2, 0.25) is 0 Å². The number of sulfonamides is 1. The molecule has 8 nitrogen and oxygen atoms in total. The second kappa shape index (κ2) is 11.0. The molecule has 200 valence electrons. The van der Waals surface area contributed by atoms with Crippen molar-refractivity contribution in [3.8, 4) is 11.5 Å². The van der Waals surface area contributed by atoms with Crippen molar-refractivity contribution in [3.63, 3.8) is 0 Å². The molecule has 5 rings (SSSR count). The van der Waals surface area contributed by atoms with Gasteiger partial charge in [-0.25, -0.2) is 8.42 Å². The fourth-order valence-electron chi connectivity index (χ4n) is 4.94. The summed E-state index contributed by atoms with van der Waals surface area (Å²) in [5.74, 6) is 0.557. The van der Waals surface area contributed by atoms with E-state index in [0.717, 1.165) is 30.8 Å². The second-order valence-corrected chi connectivity index (χ2v) is 11.7. The molecule has 1 saturated heterocycles. The summed E-state index contributed by atoms with van der Waals surface area (Å²) in [6.45, 7) is 5.24. The van der Waals surface area contributed by atoms with E-state index in [-0.39, 0.29) is 17.3 Å². The van der Waals surface area contributed by atoms with Crippen LogP contribution in [0, 0.1) is 6.92 Å². The van der Waals surface area contributed by atoms with E-state index in [4.69, 9.17) is 9.47 Å². The molecule has 0 spiro atoms. The molecule has 2 heterocycles. The number of nitrogens with one attached hydrogen (secondary N) is 1. The number of rotatable bonds is 8. The number of hydrogen-bond donors (Lipinski definition) is 1. The number of carbonyl (C=O) groups excluding carboxylic acids is 1. The Morgan fingerprint density at radius 2 is 1.76 bits per heavy atom. The van der Waals surface area contributed by atoms with Gasteiger partial charge in [-0.15, -0.1) is 0 Å². The second-order valence-electron chi connectivity index (χ2n) is 9.81. The van der Waals surface area contributed by atoms with Gasteiger partial charge in [-0.05, 0) is 85.9 Å². The Morgan fingerprint density at radius 1 is 1.03 bits per heavy atom. The number of anilines is 1. The first-order valence-corrected chi connectivity index (χ1v) is 14.3. The van der Waals surface area contributed by atoms with Crippen molar-refractivity contribution < 1.29 is 22.7 Å². The molecule has 3 aromatic carbocycles. The zero-order chi connectivity index (χ0) is 26.7. The van der Waals surface area contributed by atoms with Crippen molar-refractivity contribution in [1.29, 1.82) is 0 Å². The molecule has 1 atom stereocenters. The van der Waals surface area contributed by atoms with Crippen LogP contribution in [0.4, 0.5) is 5.69 Å². The Hall–Kier alpha value is -3.56. The van der Waals surface area contributed by atoms with Gasteiger partial charge >= 0.3 is 0 Å². The van der Waals surface area contributed by atoms with E-state index in [0.29, 0.717) is 23.7 Å². The van der Waals surface area contributed by atoms with Crippen LogP contribution in [0.3, 0.4) is 0 Å². The van der Waals surface area contributed by atoms with Gasteiger partial charge in [0.25, 0.3) is 15.9 Å². The van der Waals surface area contributed by atoms with Crippen molar-refractivity contribution in [2.75, 3.05) is 31.0 Å². The maximum Gasteiger partial charge on any atom is 0.264 e. The van der Waals surface area contributed by atoms with Gasteiger partial charge in [0.1, 0.15) is 11.5 Å². The van der Waals surface area contributed by atoms with Crippen molar-refractivity contribution in [3.05, 3.63) is 83.4 Å². The minimum atomic E-state index is -3.95. The van der Waals surface area contributed by atoms with Gasteiger partial charge in [0, 0.05) is 13.1 Å². The average Bonchev–Trinajstić information content (AvgIpc) is 3.44. The summed E-state index contributed by atoms with van der Waals surface area (Å²) in [6, 6.07) is 19.7. The third-order valence-corrected chi connectivity index (χ3v) is 8.78. The largest absolute Gasteiger partial charge is 0.497 e. The number of methoxy groups -OCH3 is 1. The van der Waals surface area contributed by atoms with Crippen molar-refractivity contribution in [2.24, 2.45) is 0 Å². The van der Waals surface area contributed by atoms with Crippen LogP contribution in [-0.2, 0) is 27.9 Å². The standard InChI is InChI=1S/C29H33N3O5S/c1-21-8-13-26-27(16-21)37-28(20-32(26)38(34,35)25-11-9-24(36-2)10-12-25)29(33)30-18-22-6-5-7-23(17-22)19-31-14-3-4-15-31/h5-13,16-17,28H,3-4,14-15,18-20H2,1-2H3,(H,30,33). The van der Waals surface area contributed by atoms with Crippen LogP contribution in [0.25, 0.3) is 0 Å². The molecule has 3 aromatic rings. The monoisotopic (exact) mass is 535 g/mol. The molecule has 38 heavy (non-hydrogen) atoms. The molecular formula is C29H33N3O5S. The maximum absolute atomic E-state index is 13.7. The number of hydrogen-bond acceptors (Lipinski definition) is 6. The van der Waals surface area contributed by atoms with Gasteiger partial charge in [-0.3, -0.25) is 14.0 Å². The van der Waals surface area contributed by atoms with Gasteiger partial charge in [-0.2, -0.15) is 0 Å². The normalized spacial score (nSPS) is 17.5. The lowest BCUT2D eigenvalue weighted by Gasteiger charge is -2.35. The highest BCUT2D eigenvalue weighted by molar-refractivity contribution is 7.92. The summed E-state index contributed by atoms with van der Waals surface area (Å²) in [5, 5.41) is 2.95. The van der Waals surface area contributed by atoms with Gasteiger partial charge in [0.2, 0.25) is 0 Å². The van der Waals surface area contributed by atoms with Gasteiger partial charge in [0.15, 0.2) is 6.10 Å². The van der Waals surface area contributed by atoms with Crippen LogP contribution < -0.4 is 19.1 Å². The van der Waals surface area contributed by atoms with E-state index < -0.39 is 16.1 Å². The molecule has 1 fully saturated rings. The molecule has 0 aromatic heterocycles. The fraction of sp³-hybridized carbons (Fsp3) is 0.345. The molecule has 1 unspecified atom stereocenters. The Bertz CT molecular complexity index is 1400. The lowest BCUT2D eigenvalue weighted by Crippen LogP contribution is -2.50. The summed E-state index contributed by atoms with van der Waals surface area (Å²) >= 11 is 0. The number of ether oxygens (including phenoxy) is 2. The molecule has 0 bridgehead atoms. The van der Waals surface area contributed by atoms with Crippen LogP contribution in [0.15, 0.2) is 71.6 Å². The third-order valence-electron chi connectivity index (χ3n) is 6.99. The van der Waals surface area contributed by atoms with Gasteiger partial charge in [0.05, 0.1) is 24.2 Å². The minimum Gasteiger partial charge on any atom is -0.497 e. The highest BCUT2D eigenvalue weighted by Gasteiger charge is 2.37. The van der Waals surface area contributed by atoms with Crippen molar-refractivity contribution in [1.82, 2.24) is 10.2 Å². The smallest absolute Gasteiger partial charge is 0.264 e. The Balaban J connectivity index is 1.33. The highest BCUT2D eigenvalue weighted by Crippen LogP contribution is 2.38. The minimum absolute atomic E-state index is 0.112. The van der Waals surface area contributed by atoms with Crippen LogP contribution in [0.1, 0.15) is 29.5 Å². The lowest BCUT2D eigenvalue weighted by molar-refractivity contribution is -0.127. The molecular weight excluding hydrogens is 502 g/mol. The van der Waals surface area contributed by atoms with E-state index in [1.807, 2.05) is 25.1 Å². The fourth-order valence-corrected chi connectivity index (χ4v) is 6.42. The van der Waals surface area contributed by atoms with E-state index in [9.17, 15) is 13.2 Å². The molecule has 2 aliphatic rings. The highest BCUT2D eigenvalue weighted by atomic mass is 32.2. The molecule has 0 aliphatic carbocycles. The summed E-state index contributed by atoms with van der Waals surface area (Å²) < 4.78 is 39.8. The SMILES string of the molecule is COc1ccc(S(=O)(=O)N2CC(C(=O)NCc3cccc(CN4CCCC4)c3)Oc3cc(C)ccc32)cc1. The molecule has 1 N–H and O–H groups in total. The average molecular weight is 536 g/mol. The number of benzene rings is 3. The molecule has 0 saturated carbocycles. The first-order chi connectivity index (χ1) is 18.3. The first-order valence-electron chi connectivity index (χ1n) is 12.9. The van der Waals surface area contributed by atoms with E-state index >= 15 is 0 Å². The van der Waals surface area contributed by atoms with Gasteiger partial charge < -0.3 is 14.8 Å². The molecule has 9 heteroatoms. The Kier molecular flexibility index (Phi) is 7.58. The van der Waals surface area contributed by atoms with E-state index in [1.54, 1.807) is 24.3 Å². The zero-order valence-electron chi connectivity index (χ0n) is 21.7. The summed E-state index contributed by atoms with van der Waals surface area (Å²) in [7, 11) is -2.43. The predicted molar refractivity (Wildman–Crippen MR) is 146 cm³/mol. The Morgan fingerprint density at radius 3 is 2.50 bits per heavy atom. The summed E-state index contributed by atoms with van der Waals surface area (Å²) in [6.07, 6.45) is 1.49. The van der Waals surface area contributed by atoms with Crippen molar-refractivity contribution in [2.45, 2.75) is 43.9 Å². The van der Waals surface area contributed by atoms with E-state index in [1.165, 1.54) is 42.0 Å². The number of fused-ring (bicyclic) bond motifs is 1. The number of carbonyl (C=O) groups is 1. The number of aryl methyl sites for hydroxylation is 1. The summed E-state index contributed by atoms with van der Waals surface area (Å²) in [4.78, 5) is 15.8. The van der Waals surface area contributed by atoms with Crippen LogP contribution >= 0.6 is 0 Å². The quantitative estimate of drug-likeness (QED) is 0.471. The maximum atomic E-state index is 13.7. The number of amides is 1. The first kappa shape index (κ1) is 26.1. The van der Waals surface area contributed by atoms with Crippen LogP contribution in [0.5, 0.6) is 11.5 Å². The summed E-state index contributed by atoms with van der Waals surface area (Å²) in [5.41, 5.74) is 3.52. The topological polar surface area (TPSA) is 88.2 Å². The zero-order valence-corrected chi connectivity index (χ0v) is 22.5. The molecule has 2 aliphatic heterocycles. The lowest BCUT2D eigenvalue weighted by atomic mass is 10.1. The van der Waals surface area contributed by atoms with Crippen LogP contribution in [-0.4, -0.2) is 52.1 Å². The third kappa shape index (κ3) is 5.63. The number of nitrogens with zero attached hydrogens (tertiary/aromatic N) is 2. The number of likely N-dealkylation sites (tertiary alicyclic amines) is 1. The Labute approximate surface area is 224 Å². The van der Waals surface area contributed by atoms with E-state index in [2.05, 4.69) is 22.3 Å². The molecule has 1 amide bonds. The molecule has 0 radical (unpaired) electrons. The predicted octanol–water partition coefficient (Wildman–Crippen LogP) is 3.87. The van der Waals surface area contributed by atoms with Gasteiger partial charge in [-0.1, -0.05) is 30.3 Å².